The van der Waals surface area contributed by atoms with Crippen LogP contribution < -0.4 is 48.3 Å². The molecule has 1 heterocycles. The molecule has 4 rings (SSSR count). The van der Waals surface area contributed by atoms with Crippen molar-refractivity contribution in [3.63, 3.8) is 0 Å². The van der Waals surface area contributed by atoms with Gasteiger partial charge in [0.25, 0.3) is 0 Å². The topological polar surface area (TPSA) is 290 Å². The van der Waals surface area contributed by atoms with Crippen molar-refractivity contribution in [1.29, 1.82) is 0 Å². The van der Waals surface area contributed by atoms with Crippen LogP contribution in [-0.2, 0) is 51.2 Å². The lowest BCUT2D eigenvalue weighted by Gasteiger charge is -2.41. The quantitative estimate of drug-likeness (QED) is 0.0208. The average molecular weight is 1250 g/mol. The summed E-state index contributed by atoms with van der Waals surface area (Å²) in [5.41, 5.74) is 9.65. The van der Waals surface area contributed by atoms with Crippen LogP contribution >= 0.6 is 0 Å². The Morgan fingerprint density at radius 2 is 1.36 bits per heavy atom. The smallest absolute Gasteiger partial charge is 0.312 e. The predicted octanol–water partition coefficient (Wildman–Crippen LogP) is 6.81. The van der Waals surface area contributed by atoms with Gasteiger partial charge in [0.15, 0.2) is 0 Å². The second-order valence-corrected chi connectivity index (χ2v) is 25.3. The standard InChI is InChI=1S/C68H108N12O10/c1-17-44(9)61(79(14)67(87)59(42(5)6)72-46(11)60(43(7)8)78(12)13)55(89-15)39-57(82)80-37-23-27-54(80)62(90-16)45(10)63(83)76-53(38-47-24-20-19-21-25-47)65(85)74-51-34-32-49(33-35-51)71-40-48-28-30-50(31-29-48)73-64(84)52(26-22-36-70-68(69)88)75-66(86)58(41(3)4)77-56(81)18-2/h19-21,24-25,28-35,41-45,52-55,58-62,64,71-73,84H,11,17-18,22-23,26-27,36-40H2,1-10,12-16H3,(H,74,85)(H,75,86)(H,76,83)(H,77,81)(H3,69,70,88)/t44-,45+,52-,53-,54-,55+,58?,59-,60-,61-,62+,64?/m0/s1. The first-order valence-electron chi connectivity index (χ1n) is 32.0. The SMILES string of the molecule is C=C(N[C@H](C(=O)N(C)[C@@H]([C@@H](C)CC)[C@@H](CC(=O)N1CCC[C@H]1[C@H](OC)[C@@H](C)C(=O)N[C@@H](Cc1ccccc1)C(=O)Nc1ccc(NCc2ccc(NC(O)[C@H](CCCNC(N)=O)NC(=O)C(NC(=O)CC)C(C)C)cc2)cc1)OC)C(C)C)[C@H](C(C)C)N(C)C. The zero-order chi connectivity index (χ0) is 66.9. The third kappa shape index (κ3) is 22.6. The van der Waals surface area contributed by atoms with Gasteiger partial charge in [-0.3, -0.25) is 28.8 Å². The van der Waals surface area contributed by atoms with Gasteiger partial charge in [0.1, 0.15) is 24.4 Å². The van der Waals surface area contributed by atoms with Gasteiger partial charge in [0, 0.05) is 76.5 Å². The number of benzene rings is 3. The van der Waals surface area contributed by atoms with E-state index in [0.717, 1.165) is 28.9 Å². The number of ether oxygens (including phenoxy) is 2. The molecule has 0 radical (unpaired) electrons. The number of aliphatic hydroxyl groups excluding tert-OH is 1. The minimum absolute atomic E-state index is 0.00707. The van der Waals surface area contributed by atoms with Crippen molar-refractivity contribution in [2.45, 2.75) is 188 Å². The maximum absolute atomic E-state index is 14.6. The molecule has 1 aliphatic rings. The van der Waals surface area contributed by atoms with Crippen molar-refractivity contribution in [2.24, 2.45) is 35.3 Å². The maximum atomic E-state index is 14.6. The molecule has 0 aliphatic carbocycles. The molecule has 3 aromatic carbocycles. The number of hydrogen-bond acceptors (Lipinski definition) is 14. The van der Waals surface area contributed by atoms with E-state index in [2.05, 4.69) is 81.7 Å². The van der Waals surface area contributed by atoms with E-state index in [0.29, 0.717) is 50.1 Å². The fraction of sp³-hybridized carbons (Fsp3) is 0.603. The van der Waals surface area contributed by atoms with Crippen molar-refractivity contribution in [3.8, 4) is 0 Å². The van der Waals surface area contributed by atoms with Crippen LogP contribution in [0.1, 0.15) is 125 Å². The molecule has 8 amide bonds. The second kappa shape index (κ2) is 37.2. The molecular weight excluding hydrogens is 1140 g/mol. The molecule has 0 aromatic heterocycles. The lowest BCUT2D eigenvalue weighted by molar-refractivity contribution is -0.147. The van der Waals surface area contributed by atoms with Gasteiger partial charge in [-0.05, 0) is 111 Å². The summed E-state index contributed by atoms with van der Waals surface area (Å²) in [6, 6.07) is 19.4. The first-order valence-corrected chi connectivity index (χ1v) is 32.0. The molecule has 3 aromatic rings. The molecule has 22 heteroatoms. The number of nitrogens with zero attached hydrogens (tertiary/aromatic N) is 3. The lowest BCUT2D eigenvalue weighted by Crippen LogP contribution is -2.58. The van der Waals surface area contributed by atoms with Crippen LogP contribution in [0.4, 0.5) is 21.9 Å². The monoisotopic (exact) mass is 1250 g/mol. The number of rotatable bonds is 38. The van der Waals surface area contributed by atoms with E-state index in [-0.39, 0.29) is 73.2 Å². The number of primary amides is 1. The highest BCUT2D eigenvalue weighted by atomic mass is 16.5. The van der Waals surface area contributed by atoms with Gasteiger partial charge in [0.05, 0.1) is 48.7 Å². The third-order valence-electron chi connectivity index (χ3n) is 17.2. The summed E-state index contributed by atoms with van der Waals surface area (Å²) in [5.74, 6) is -2.61. The van der Waals surface area contributed by atoms with E-state index in [4.69, 9.17) is 15.2 Å². The van der Waals surface area contributed by atoms with Crippen LogP contribution in [0.2, 0.25) is 0 Å². The number of aliphatic hydroxyl groups is 1. The number of carbonyl (C=O) groups excluding carboxylic acids is 7. The molecule has 1 saturated heterocycles. The Morgan fingerprint density at radius 1 is 0.733 bits per heavy atom. The molecule has 500 valence electrons. The Labute approximate surface area is 535 Å². The number of likely N-dealkylation sites (N-methyl/N-ethyl adjacent to an activating group) is 2. The molecule has 1 aliphatic heterocycles. The molecule has 22 nitrogen and oxygen atoms in total. The molecule has 12 atom stereocenters. The van der Waals surface area contributed by atoms with Crippen molar-refractivity contribution in [3.05, 3.63) is 102 Å². The van der Waals surface area contributed by atoms with Crippen LogP contribution in [0, 0.1) is 29.6 Å². The van der Waals surface area contributed by atoms with E-state index >= 15 is 0 Å². The Morgan fingerprint density at radius 3 is 1.91 bits per heavy atom. The van der Waals surface area contributed by atoms with Gasteiger partial charge in [-0.25, -0.2) is 4.79 Å². The van der Waals surface area contributed by atoms with E-state index in [1.807, 2.05) is 96.4 Å². The molecule has 1 fully saturated rings. The highest BCUT2D eigenvalue weighted by molar-refractivity contribution is 5.98. The number of amides is 8. The first-order chi connectivity index (χ1) is 42.6. The predicted molar refractivity (Wildman–Crippen MR) is 356 cm³/mol. The minimum Gasteiger partial charge on any atom is -0.381 e. The van der Waals surface area contributed by atoms with Crippen molar-refractivity contribution in [1.82, 2.24) is 41.3 Å². The highest BCUT2D eigenvalue weighted by Crippen LogP contribution is 2.31. The van der Waals surface area contributed by atoms with Gasteiger partial charge in [-0.2, -0.15) is 0 Å². The molecule has 11 N–H and O–H groups in total. The number of methoxy groups -OCH3 is 2. The van der Waals surface area contributed by atoms with E-state index in [1.165, 1.54) is 0 Å². The molecular formula is C68H108N12O10. The van der Waals surface area contributed by atoms with Gasteiger partial charge in [0.2, 0.25) is 35.4 Å². The Hall–Kier alpha value is -7.27. The number of carbonyl (C=O) groups is 7. The molecule has 2 unspecified atom stereocenters. The van der Waals surface area contributed by atoms with Crippen molar-refractivity contribution >= 4 is 58.5 Å². The zero-order valence-electron chi connectivity index (χ0n) is 56.2. The number of nitrogens with two attached hydrogens (primary N) is 1. The molecule has 0 bridgehead atoms. The summed E-state index contributed by atoms with van der Waals surface area (Å²) in [6.07, 6.45) is 0.599. The van der Waals surface area contributed by atoms with Crippen LogP contribution in [0.5, 0.6) is 0 Å². The van der Waals surface area contributed by atoms with Crippen LogP contribution in [0.25, 0.3) is 0 Å². The normalized spacial score (nSPS) is 16.9. The number of anilines is 3. The molecule has 0 spiro atoms. The number of hydrogen-bond donors (Lipinski definition) is 10. The number of likely N-dealkylation sites (tertiary alicyclic amines) is 1. The largest absolute Gasteiger partial charge is 0.381 e. The summed E-state index contributed by atoms with van der Waals surface area (Å²) in [6.45, 7) is 25.0. The van der Waals surface area contributed by atoms with Gasteiger partial charge < -0.3 is 77.5 Å². The third-order valence-corrected chi connectivity index (χ3v) is 17.2. The number of urea groups is 1. The van der Waals surface area contributed by atoms with E-state index in [1.54, 1.807) is 69.2 Å². The van der Waals surface area contributed by atoms with Gasteiger partial charge in [-0.15, -0.1) is 0 Å². The summed E-state index contributed by atoms with van der Waals surface area (Å²) >= 11 is 0. The van der Waals surface area contributed by atoms with Crippen LogP contribution in [0.3, 0.4) is 0 Å². The average Bonchev–Trinajstić information content (AvgIpc) is 1.64. The number of nitrogens with one attached hydrogen (secondary N) is 8. The van der Waals surface area contributed by atoms with Crippen molar-refractivity contribution in [2.75, 3.05) is 64.4 Å². The Bertz CT molecular complexity index is 2740. The summed E-state index contributed by atoms with van der Waals surface area (Å²) in [7, 11) is 8.93. The van der Waals surface area contributed by atoms with Crippen LogP contribution in [0.15, 0.2) is 91.1 Å². The summed E-state index contributed by atoms with van der Waals surface area (Å²) in [5, 5.41) is 35.5. The van der Waals surface area contributed by atoms with E-state index < -0.39 is 84.4 Å². The Balaban J connectivity index is 1.42. The second-order valence-electron chi connectivity index (χ2n) is 25.3. The molecule has 0 saturated carbocycles. The lowest BCUT2D eigenvalue weighted by atomic mass is 9.89. The van der Waals surface area contributed by atoms with Crippen molar-refractivity contribution < 1.29 is 48.1 Å². The Kier molecular flexibility index (Phi) is 31.0. The fourth-order valence-corrected chi connectivity index (χ4v) is 12.0. The minimum atomic E-state index is -1.22. The summed E-state index contributed by atoms with van der Waals surface area (Å²) < 4.78 is 12.3. The van der Waals surface area contributed by atoms with Crippen LogP contribution in [-0.4, -0.2) is 170 Å². The fourth-order valence-electron chi connectivity index (χ4n) is 12.0. The molecule has 90 heavy (non-hydrogen) atoms. The van der Waals surface area contributed by atoms with E-state index in [9.17, 15) is 38.7 Å². The zero-order valence-corrected chi connectivity index (χ0v) is 56.2. The first kappa shape index (κ1) is 75.2. The maximum Gasteiger partial charge on any atom is 0.312 e. The van der Waals surface area contributed by atoms with Gasteiger partial charge >= 0.3 is 6.03 Å². The summed E-state index contributed by atoms with van der Waals surface area (Å²) in [4.78, 5) is 100. The van der Waals surface area contributed by atoms with Gasteiger partial charge in [-0.1, -0.05) is 125 Å². The highest BCUT2D eigenvalue weighted by Gasteiger charge is 2.43.